The van der Waals surface area contributed by atoms with E-state index >= 15 is 0 Å². The minimum atomic E-state index is -0.975. The molecule has 2 aromatic carbocycles. The maximum atomic E-state index is 13.3. The molecular formula is C34H47N3O4. The fourth-order valence-electron chi connectivity index (χ4n) is 6.70. The fourth-order valence-corrected chi connectivity index (χ4v) is 6.70. The van der Waals surface area contributed by atoms with Crippen LogP contribution in [-0.4, -0.2) is 40.9 Å². The van der Waals surface area contributed by atoms with Crippen molar-refractivity contribution in [3.8, 4) is 0 Å². The molecular weight excluding hydrogens is 514 g/mol. The van der Waals surface area contributed by atoms with Crippen molar-refractivity contribution in [1.82, 2.24) is 4.90 Å². The molecule has 0 aromatic heterocycles. The summed E-state index contributed by atoms with van der Waals surface area (Å²) in [4.78, 5) is 33.4. The van der Waals surface area contributed by atoms with Gasteiger partial charge in [0.1, 0.15) is 5.84 Å². The van der Waals surface area contributed by atoms with E-state index in [1.54, 1.807) is 0 Å². The highest BCUT2D eigenvalue weighted by Gasteiger charge is 2.43. The minimum absolute atomic E-state index is 0.0413. The van der Waals surface area contributed by atoms with Crippen molar-refractivity contribution in [2.75, 3.05) is 13.1 Å². The van der Waals surface area contributed by atoms with Gasteiger partial charge < -0.3 is 15.7 Å². The fraction of sp³-hybridized carbons (Fsp3) is 0.559. The summed E-state index contributed by atoms with van der Waals surface area (Å²) in [6.45, 7) is 6.97. The molecule has 1 saturated carbocycles. The van der Waals surface area contributed by atoms with Crippen molar-refractivity contribution >= 4 is 17.8 Å². The number of benzene rings is 2. The standard InChI is InChI=1S/C34H47N3O4/c1-34(2,3)29(32(38)39)28(21-13-16-24-14-7-4-8-15-24)33(40)41-36-31(35)27-22-37(23-27)30(25-17-9-5-10-18-25)26-19-11-6-12-20-26/h5-6,9-12,17-20,24,27-30H,4,7-8,13-16,21-23H2,1-3H3,(H2,35,36)(H,38,39)/t28-,29?/m1/s1. The maximum Gasteiger partial charge on any atom is 0.339 e. The van der Waals surface area contributed by atoms with Gasteiger partial charge in [-0.15, -0.1) is 0 Å². The van der Waals surface area contributed by atoms with Crippen molar-refractivity contribution < 1.29 is 19.5 Å². The predicted molar refractivity (Wildman–Crippen MR) is 162 cm³/mol. The van der Waals surface area contributed by atoms with Crippen LogP contribution in [0.3, 0.4) is 0 Å². The first-order valence-electron chi connectivity index (χ1n) is 15.3. The quantitative estimate of drug-likeness (QED) is 0.130. The van der Waals surface area contributed by atoms with E-state index in [4.69, 9.17) is 10.6 Å². The number of oxime groups is 1. The monoisotopic (exact) mass is 561 g/mol. The second kappa shape index (κ2) is 14.1. The van der Waals surface area contributed by atoms with E-state index in [-0.39, 0.29) is 17.8 Å². The smallest absolute Gasteiger partial charge is 0.339 e. The van der Waals surface area contributed by atoms with E-state index in [0.717, 1.165) is 12.8 Å². The highest BCUT2D eigenvalue weighted by molar-refractivity contribution is 5.86. The Morgan fingerprint density at radius 2 is 1.54 bits per heavy atom. The van der Waals surface area contributed by atoms with Gasteiger partial charge in [0.25, 0.3) is 0 Å². The number of nitrogens with zero attached hydrogens (tertiary/aromatic N) is 2. The SMILES string of the molecule is CC(C)(C)C(C(=O)O)[C@@H](CCCC1CCCCC1)C(=O)ON=C(N)C1CN(C(c2ccccc2)c2ccccc2)C1. The molecule has 1 aliphatic heterocycles. The Morgan fingerprint density at radius 1 is 0.976 bits per heavy atom. The second-order valence-electron chi connectivity index (χ2n) is 13.0. The Kier molecular flexibility index (Phi) is 10.6. The number of carbonyl (C=O) groups is 2. The number of hydrogen-bond acceptors (Lipinski definition) is 5. The van der Waals surface area contributed by atoms with Crippen LogP contribution in [0, 0.1) is 29.1 Å². The highest BCUT2D eigenvalue weighted by atomic mass is 16.7. The summed E-state index contributed by atoms with van der Waals surface area (Å²) in [6, 6.07) is 20.8. The lowest BCUT2D eigenvalue weighted by molar-refractivity contribution is -0.162. The van der Waals surface area contributed by atoms with Crippen LogP contribution in [0.1, 0.15) is 89.3 Å². The van der Waals surface area contributed by atoms with Crippen LogP contribution in [0.4, 0.5) is 0 Å². The Hall–Kier alpha value is -3.19. The van der Waals surface area contributed by atoms with Crippen LogP contribution in [0.2, 0.25) is 0 Å². The molecule has 0 bridgehead atoms. The summed E-state index contributed by atoms with van der Waals surface area (Å²) in [5.74, 6) is -2.30. The first-order valence-corrected chi connectivity index (χ1v) is 15.3. The lowest BCUT2D eigenvalue weighted by Crippen LogP contribution is -2.54. The van der Waals surface area contributed by atoms with Gasteiger partial charge >= 0.3 is 11.9 Å². The molecule has 1 heterocycles. The van der Waals surface area contributed by atoms with Gasteiger partial charge in [0.2, 0.25) is 0 Å². The molecule has 1 aliphatic carbocycles. The van der Waals surface area contributed by atoms with E-state index in [2.05, 4.69) is 34.3 Å². The number of hydrogen-bond donors (Lipinski definition) is 2. The number of carboxylic acid groups (broad SMARTS) is 1. The van der Waals surface area contributed by atoms with Crippen LogP contribution in [-0.2, 0) is 14.4 Å². The Morgan fingerprint density at radius 3 is 2.05 bits per heavy atom. The Labute approximate surface area is 245 Å². The Bertz CT molecular complexity index is 1110. The van der Waals surface area contributed by atoms with E-state index < -0.39 is 29.2 Å². The number of carboxylic acids is 1. The lowest BCUT2D eigenvalue weighted by Gasteiger charge is -2.44. The third-order valence-electron chi connectivity index (χ3n) is 8.92. The van der Waals surface area contributed by atoms with Crippen molar-refractivity contribution in [3.05, 3.63) is 71.8 Å². The average Bonchev–Trinajstić information content (AvgIpc) is 2.93. The molecule has 0 spiro atoms. The van der Waals surface area contributed by atoms with E-state index in [1.807, 2.05) is 57.2 Å². The zero-order valence-electron chi connectivity index (χ0n) is 24.9. The largest absolute Gasteiger partial charge is 0.481 e. The highest BCUT2D eigenvalue weighted by Crippen LogP contribution is 2.38. The Balaban J connectivity index is 1.40. The summed E-state index contributed by atoms with van der Waals surface area (Å²) in [5, 5.41) is 14.1. The topological polar surface area (TPSA) is 105 Å². The molecule has 1 saturated heterocycles. The summed E-state index contributed by atoms with van der Waals surface area (Å²) in [7, 11) is 0. The molecule has 1 unspecified atom stereocenters. The molecule has 2 atom stereocenters. The molecule has 2 aromatic rings. The molecule has 2 fully saturated rings. The van der Waals surface area contributed by atoms with Crippen molar-refractivity contribution in [3.63, 3.8) is 0 Å². The van der Waals surface area contributed by atoms with Crippen molar-refractivity contribution in [1.29, 1.82) is 0 Å². The van der Waals surface area contributed by atoms with Gasteiger partial charge in [-0.25, -0.2) is 4.79 Å². The van der Waals surface area contributed by atoms with Gasteiger partial charge in [0, 0.05) is 19.0 Å². The molecule has 0 amide bonds. The number of amidine groups is 1. The number of nitrogens with two attached hydrogens (primary N) is 1. The first-order chi connectivity index (χ1) is 19.6. The van der Waals surface area contributed by atoms with Gasteiger partial charge in [-0.3, -0.25) is 9.69 Å². The van der Waals surface area contributed by atoms with Crippen molar-refractivity contribution in [2.45, 2.75) is 78.2 Å². The zero-order chi connectivity index (χ0) is 29.4. The summed E-state index contributed by atoms with van der Waals surface area (Å²) >= 11 is 0. The van der Waals surface area contributed by atoms with Crippen molar-refractivity contribution in [2.24, 2.45) is 40.0 Å². The summed E-state index contributed by atoms with van der Waals surface area (Å²) in [6.07, 6.45) is 8.59. The number of carbonyl (C=O) groups excluding carboxylic acids is 1. The molecule has 7 heteroatoms. The number of aliphatic carboxylic acids is 1. The van der Waals surface area contributed by atoms with E-state index in [0.29, 0.717) is 25.4 Å². The third-order valence-corrected chi connectivity index (χ3v) is 8.92. The van der Waals surface area contributed by atoms with E-state index in [9.17, 15) is 14.7 Å². The lowest BCUT2D eigenvalue weighted by atomic mass is 9.71. The second-order valence-corrected chi connectivity index (χ2v) is 13.0. The van der Waals surface area contributed by atoms with E-state index in [1.165, 1.54) is 43.2 Å². The van der Waals surface area contributed by atoms with Crippen LogP contribution in [0.25, 0.3) is 0 Å². The van der Waals surface area contributed by atoms with Gasteiger partial charge in [-0.1, -0.05) is 132 Å². The molecule has 7 nitrogen and oxygen atoms in total. The van der Waals surface area contributed by atoms with Gasteiger partial charge in [-0.2, -0.15) is 0 Å². The normalized spacial score (nSPS) is 19.0. The molecule has 0 radical (unpaired) electrons. The van der Waals surface area contributed by atoms with Crippen LogP contribution < -0.4 is 5.73 Å². The van der Waals surface area contributed by atoms with Gasteiger partial charge in [0.15, 0.2) is 0 Å². The molecule has 3 N–H and O–H groups in total. The molecule has 2 aliphatic rings. The number of likely N-dealkylation sites (tertiary alicyclic amines) is 1. The average molecular weight is 562 g/mol. The summed E-state index contributed by atoms with van der Waals surface area (Å²) in [5.41, 5.74) is 8.12. The molecule has 4 rings (SSSR count). The minimum Gasteiger partial charge on any atom is -0.481 e. The zero-order valence-corrected chi connectivity index (χ0v) is 24.9. The molecule has 41 heavy (non-hydrogen) atoms. The van der Waals surface area contributed by atoms with Gasteiger partial charge in [0.05, 0.1) is 17.9 Å². The third kappa shape index (κ3) is 8.19. The molecule has 222 valence electrons. The van der Waals surface area contributed by atoms with Crippen LogP contribution in [0.5, 0.6) is 0 Å². The predicted octanol–water partition coefficient (Wildman–Crippen LogP) is 6.64. The number of rotatable bonds is 12. The van der Waals surface area contributed by atoms with Gasteiger partial charge in [-0.05, 0) is 28.9 Å². The first kappa shape index (κ1) is 30.8. The maximum absolute atomic E-state index is 13.3. The summed E-state index contributed by atoms with van der Waals surface area (Å²) < 4.78 is 0. The van der Waals surface area contributed by atoms with Crippen LogP contribution >= 0.6 is 0 Å². The van der Waals surface area contributed by atoms with Crippen LogP contribution in [0.15, 0.2) is 65.8 Å².